The van der Waals surface area contributed by atoms with Crippen LogP contribution in [0.2, 0.25) is 10.6 Å². The molecule has 0 aliphatic heterocycles. The Labute approximate surface area is 93.6 Å². The quantitative estimate of drug-likeness (QED) is 0.466. The van der Waals surface area contributed by atoms with Crippen LogP contribution in [-0.4, -0.2) is 20.6 Å². The van der Waals surface area contributed by atoms with E-state index in [-0.39, 0.29) is 0 Å². The molecule has 1 rings (SSSR count). The van der Waals surface area contributed by atoms with E-state index >= 15 is 0 Å². The molecule has 0 N–H and O–H groups in total. The summed E-state index contributed by atoms with van der Waals surface area (Å²) in [6.07, 6.45) is 5.07. The first-order chi connectivity index (χ1) is 6.58. The minimum absolute atomic E-state index is 0.796. The highest BCUT2D eigenvalue weighted by molar-refractivity contribution is 6.58. The monoisotopic (exact) mass is 209 g/mol. The second kappa shape index (κ2) is 5.93. The van der Waals surface area contributed by atoms with Crippen molar-refractivity contribution in [2.24, 2.45) is 21.7 Å². The zero-order valence-corrected chi connectivity index (χ0v) is 11.3. The van der Waals surface area contributed by atoms with Crippen LogP contribution in [0.25, 0.3) is 0 Å². The standard InChI is InChI=1S/C4H6N.2C4H9.Al/c5-3-4-1-2-4;2*1-4(2)3;/h3-4H,1-2H2;2*4H,1H2,2-3H3;/q-1;;;+1. The van der Waals surface area contributed by atoms with E-state index in [2.05, 4.69) is 33.9 Å². The highest BCUT2D eigenvalue weighted by Gasteiger charge is 2.23. The summed E-state index contributed by atoms with van der Waals surface area (Å²) in [5.74, 6) is 2.54. The Kier molecular flexibility index (Phi) is 5.20. The summed E-state index contributed by atoms with van der Waals surface area (Å²) in [6.45, 7) is 9.31. The first kappa shape index (κ1) is 12.3. The van der Waals surface area contributed by atoms with Gasteiger partial charge in [-0.25, -0.2) is 0 Å². The molecule has 1 nitrogen and oxygen atoms in total. The summed E-state index contributed by atoms with van der Waals surface area (Å²) < 4.78 is 4.88. The summed E-state index contributed by atoms with van der Waals surface area (Å²) in [4.78, 5) is 0. The van der Waals surface area contributed by atoms with Crippen LogP contribution in [0.5, 0.6) is 0 Å². The predicted molar refractivity (Wildman–Crippen MR) is 66.3 cm³/mol. The van der Waals surface area contributed by atoms with Gasteiger partial charge in [0, 0.05) is 0 Å². The molecule has 1 fully saturated rings. The van der Waals surface area contributed by atoms with Crippen molar-refractivity contribution in [1.82, 2.24) is 0 Å². The average molecular weight is 209 g/mol. The molecule has 0 spiro atoms. The van der Waals surface area contributed by atoms with E-state index in [0.717, 1.165) is 17.8 Å². The molecule has 14 heavy (non-hydrogen) atoms. The summed E-state index contributed by atoms with van der Waals surface area (Å²) in [7, 11) is 0. The van der Waals surface area contributed by atoms with Crippen LogP contribution in [0.3, 0.4) is 0 Å². The lowest BCUT2D eigenvalue weighted by molar-refractivity contribution is 0.689. The van der Waals surface area contributed by atoms with Crippen LogP contribution in [0, 0.1) is 17.8 Å². The maximum atomic E-state index is 4.88. The highest BCUT2D eigenvalue weighted by atomic mass is 27.2. The van der Waals surface area contributed by atoms with Gasteiger partial charge in [0.1, 0.15) is 0 Å². The summed E-state index contributed by atoms with van der Waals surface area (Å²) >= 11 is -0.796. The van der Waals surface area contributed by atoms with Crippen LogP contribution in [0.15, 0.2) is 3.98 Å². The van der Waals surface area contributed by atoms with Crippen LogP contribution in [0.4, 0.5) is 0 Å². The van der Waals surface area contributed by atoms with Crippen molar-refractivity contribution in [3.8, 4) is 0 Å². The SMILES string of the molecule is CC(C)[CH2][Al]([CH2]C(C)C)/[N]=C/C1CC1. The Bertz CT molecular complexity index is 173. The molecule has 1 aliphatic carbocycles. The molecule has 0 amide bonds. The first-order valence-electron chi connectivity index (χ1n) is 6.11. The summed E-state index contributed by atoms with van der Waals surface area (Å²) in [6, 6.07) is 0. The minimum atomic E-state index is -0.796. The summed E-state index contributed by atoms with van der Waals surface area (Å²) in [5, 5.41) is 2.78. The number of nitrogens with zero attached hydrogens (tertiary/aromatic N) is 1. The second-order valence-electron chi connectivity index (χ2n) is 5.55. The fraction of sp³-hybridized carbons (Fsp3) is 0.917. The normalized spacial score (nSPS) is 17.3. The minimum Gasteiger partial charge on any atom is -0.408 e. The molecule has 0 atom stereocenters. The molecule has 0 heterocycles. The van der Waals surface area contributed by atoms with Crippen LogP contribution >= 0.6 is 0 Å². The molecule has 0 saturated heterocycles. The van der Waals surface area contributed by atoms with Gasteiger partial charge < -0.3 is 3.98 Å². The second-order valence-corrected chi connectivity index (χ2v) is 8.10. The maximum absolute atomic E-state index is 4.88. The lowest BCUT2D eigenvalue weighted by Crippen LogP contribution is -2.15. The van der Waals surface area contributed by atoms with E-state index in [1.165, 1.54) is 23.4 Å². The Morgan fingerprint density at radius 1 is 1.14 bits per heavy atom. The molecule has 0 aromatic heterocycles. The van der Waals surface area contributed by atoms with Crippen molar-refractivity contribution < 1.29 is 0 Å². The molecule has 0 unspecified atom stereocenters. The van der Waals surface area contributed by atoms with Gasteiger partial charge in [0.15, 0.2) is 0 Å². The lowest BCUT2D eigenvalue weighted by Gasteiger charge is -2.11. The fourth-order valence-corrected chi connectivity index (χ4v) is 4.89. The van der Waals surface area contributed by atoms with E-state index in [0.29, 0.717) is 0 Å². The van der Waals surface area contributed by atoms with Gasteiger partial charge >= 0.3 is 14.4 Å². The van der Waals surface area contributed by atoms with Gasteiger partial charge in [-0.1, -0.05) is 50.1 Å². The van der Waals surface area contributed by atoms with E-state index < -0.39 is 14.4 Å². The van der Waals surface area contributed by atoms with Crippen molar-refractivity contribution in [2.75, 3.05) is 0 Å². The molecule has 80 valence electrons. The zero-order chi connectivity index (χ0) is 10.6. The van der Waals surface area contributed by atoms with Gasteiger partial charge in [-0.05, 0) is 25.0 Å². The van der Waals surface area contributed by atoms with Gasteiger partial charge in [0.2, 0.25) is 0 Å². The number of hydrogen-bond acceptors (Lipinski definition) is 1. The summed E-state index contributed by atoms with van der Waals surface area (Å²) in [5.41, 5.74) is 0. The third-order valence-electron chi connectivity index (χ3n) is 2.62. The van der Waals surface area contributed by atoms with Crippen LogP contribution < -0.4 is 0 Å². The number of hydrogen-bond donors (Lipinski definition) is 0. The van der Waals surface area contributed by atoms with Crippen LogP contribution in [-0.2, 0) is 0 Å². The van der Waals surface area contributed by atoms with Gasteiger partial charge in [-0.3, -0.25) is 0 Å². The van der Waals surface area contributed by atoms with Gasteiger partial charge in [-0.15, -0.1) is 0 Å². The Balaban J connectivity index is 2.33. The smallest absolute Gasteiger partial charge is 0.408 e. The van der Waals surface area contributed by atoms with Crippen molar-refractivity contribution in [3.05, 3.63) is 0 Å². The molecule has 1 aliphatic rings. The van der Waals surface area contributed by atoms with E-state index in [9.17, 15) is 0 Å². The molecule has 2 heteroatoms. The fourth-order valence-electron chi connectivity index (χ4n) is 1.79. The molecular formula is C12H24AlN. The van der Waals surface area contributed by atoms with Crippen molar-refractivity contribution in [1.29, 1.82) is 0 Å². The first-order valence-corrected chi connectivity index (χ1v) is 8.26. The maximum Gasteiger partial charge on any atom is 0.435 e. The largest absolute Gasteiger partial charge is 0.435 e. The van der Waals surface area contributed by atoms with E-state index in [4.69, 9.17) is 3.98 Å². The van der Waals surface area contributed by atoms with Crippen molar-refractivity contribution in [3.63, 3.8) is 0 Å². The average Bonchev–Trinajstić information content (AvgIpc) is 2.80. The topological polar surface area (TPSA) is 12.4 Å². The Hall–Kier alpha value is 0.202. The Morgan fingerprint density at radius 3 is 2.00 bits per heavy atom. The third-order valence-corrected chi connectivity index (χ3v) is 6.18. The highest BCUT2D eigenvalue weighted by Crippen LogP contribution is 2.27. The van der Waals surface area contributed by atoms with Gasteiger partial charge in [0.05, 0.1) is 0 Å². The lowest BCUT2D eigenvalue weighted by atomic mass is 10.3. The van der Waals surface area contributed by atoms with Crippen molar-refractivity contribution >= 4 is 20.6 Å². The van der Waals surface area contributed by atoms with Crippen molar-refractivity contribution in [2.45, 2.75) is 51.1 Å². The third kappa shape index (κ3) is 5.83. The number of rotatable bonds is 6. The molecule has 0 aromatic rings. The zero-order valence-electron chi connectivity index (χ0n) is 10.2. The molecule has 0 radical (unpaired) electrons. The van der Waals surface area contributed by atoms with Gasteiger partial charge in [-0.2, -0.15) is 0 Å². The predicted octanol–water partition coefficient (Wildman–Crippen LogP) is 3.77. The molecule has 0 bridgehead atoms. The molecular weight excluding hydrogens is 185 g/mol. The van der Waals surface area contributed by atoms with Crippen LogP contribution in [0.1, 0.15) is 40.5 Å². The van der Waals surface area contributed by atoms with Gasteiger partial charge in [0.25, 0.3) is 0 Å². The Morgan fingerprint density at radius 2 is 1.64 bits per heavy atom. The molecule has 0 aromatic carbocycles. The van der Waals surface area contributed by atoms with E-state index in [1.807, 2.05) is 0 Å². The van der Waals surface area contributed by atoms with E-state index in [1.54, 1.807) is 0 Å². The molecule has 1 saturated carbocycles.